The minimum absolute atomic E-state index is 0.109. The van der Waals surface area contributed by atoms with Crippen LogP contribution in [0.25, 0.3) is 0 Å². The Bertz CT molecular complexity index is 886. The van der Waals surface area contributed by atoms with Crippen molar-refractivity contribution in [3.63, 3.8) is 0 Å². The summed E-state index contributed by atoms with van der Waals surface area (Å²) in [4.78, 5) is 40.3. The van der Waals surface area contributed by atoms with Gasteiger partial charge in [0.1, 0.15) is 5.92 Å². The molecule has 0 fully saturated rings. The van der Waals surface area contributed by atoms with Crippen molar-refractivity contribution in [3.8, 4) is 5.75 Å². The third kappa shape index (κ3) is 3.34. The van der Waals surface area contributed by atoms with Gasteiger partial charge in [0, 0.05) is 35.4 Å². The van der Waals surface area contributed by atoms with Crippen molar-refractivity contribution in [2.24, 2.45) is 10.9 Å². The molecule has 142 valence electrons. The summed E-state index contributed by atoms with van der Waals surface area (Å²) in [5, 5.41) is 21.0. The van der Waals surface area contributed by atoms with Crippen LogP contribution in [0.2, 0.25) is 0 Å². The van der Waals surface area contributed by atoms with E-state index in [1.165, 1.54) is 18.2 Å². The number of nitrogens with zero attached hydrogens (tertiary/aromatic N) is 2. The van der Waals surface area contributed by atoms with E-state index in [2.05, 4.69) is 4.99 Å². The number of benzene rings is 1. The lowest BCUT2D eigenvalue weighted by Crippen LogP contribution is -2.37. The van der Waals surface area contributed by atoms with Crippen LogP contribution in [0.4, 0.5) is 5.69 Å². The Morgan fingerprint density at radius 3 is 2.81 bits per heavy atom. The van der Waals surface area contributed by atoms with E-state index in [0.29, 0.717) is 41.8 Å². The van der Waals surface area contributed by atoms with Gasteiger partial charge in [-0.25, -0.2) is 0 Å². The molecule has 1 N–H and O–H groups in total. The molecule has 1 heterocycles. The zero-order valence-electron chi connectivity index (χ0n) is 15.1. The number of nitro groups is 1. The average Bonchev–Trinajstić information content (AvgIpc) is 2.61. The molecule has 1 aliphatic carbocycles. The summed E-state index contributed by atoms with van der Waals surface area (Å²) in [7, 11) is 0. The Hall–Kier alpha value is -3.03. The van der Waals surface area contributed by atoms with Crippen LogP contribution in [0.5, 0.6) is 5.75 Å². The van der Waals surface area contributed by atoms with E-state index in [1.807, 2.05) is 0 Å². The summed E-state index contributed by atoms with van der Waals surface area (Å²) in [6.45, 7) is 3.56. The number of aromatic hydroxyl groups is 1. The second kappa shape index (κ2) is 7.30. The molecule has 0 spiro atoms. The fraction of sp³-hybridized carbons (Fsp3) is 0.421. The number of Topliss-reactive ketones (excluding diaryl/α,β-unsaturated/α-hetero) is 1. The number of carbonyl (C=O) groups excluding carboxylic acids is 2. The number of nitro benzene ring substituents is 1. The van der Waals surface area contributed by atoms with Gasteiger partial charge in [-0.2, -0.15) is 0 Å². The highest BCUT2D eigenvalue weighted by Crippen LogP contribution is 2.45. The van der Waals surface area contributed by atoms with Crippen molar-refractivity contribution < 1.29 is 24.4 Å². The first-order valence-electron chi connectivity index (χ1n) is 8.80. The third-order valence-corrected chi connectivity index (χ3v) is 4.93. The monoisotopic (exact) mass is 372 g/mol. The molecule has 8 nitrogen and oxygen atoms in total. The molecule has 0 bridgehead atoms. The lowest BCUT2D eigenvalue weighted by molar-refractivity contribution is -0.385. The van der Waals surface area contributed by atoms with Crippen LogP contribution in [0.1, 0.15) is 44.6 Å². The zero-order valence-corrected chi connectivity index (χ0v) is 15.1. The molecule has 8 heteroatoms. The van der Waals surface area contributed by atoms with Crippen LogP contribution in [0.3, 0.4) is 0 Å². The van der Waals surface area contributed by atoms with E-state index >= 15 is 0 Å². The van der Waals surface area contributed by atoms with Gasteiger partial charge in [0.2, 0.25) is 0 Å². The van der Waals surface area contributed by atoms with E-state index in [9.17, 15) is 24.8 Å². The Labute approximate surface area is 155 Å². The molecular formula is C19H20N2O6. The third-order valence-electron chi connectivity index (χ3n) is 4.93. The fourth-order valence-corrected chi connectivity index (χ4v) is 3.78. The number of ketones is 1. The second-order valence-electron chi connectivity index (χ2n) is 6.60. The van der Waals surface area contributed by atoms with E-state index in [-0.39, 0.29) is 12.4 Å². The Kier molecular flexibility index (Phi) is 5.07. The SMILES string of the molecule is CCOC(=O)C1C(C)=NC2=C(C(=O)CCC2)[C@@H]1c1ccc(O)c([N+](=O)[O-])c1. The van der Waals surface area contributed by atoms with Gasteiger partial charge in [0.05, 0.1) is 11.5 Å². The smallest absolute Gasteiger partial charge is 0.315 e. The zero-order chi connectivity index (χ0) is 19.7. The average molecular weight is 372 g/mol. The molecule has 27 heavy (non-hydrogen) atoms. The van der Waals surface area contributed by atoms with Crippen molar-refractivity contribution in [1.29, 1.82) is 0 Å². The van der Waals surface area contributed by atoms with Gasteiger partial charge in [0.25, 0.3) is 0 Å². The van der Waals surface area contributed by atoms with Crippen LogP contribution in [-0.4, -0.2) is 34.1 Å². The first-order valence-corrected chi connectivity index (χ1v) is 8.80. The topological polar surface area (TPSA) is 119 Å². The fourth-order valence-electron chi connectivity index (χ4n) is 3.78. The van der Waals surface area contributed by atoms with Gasteiger partial charge in [-0.05, 0) is 38.3 Å². The summed E-state index contributed by atoms with van der Waals surface area (Å²) in [6.07, 6.45) is 1.64. The number of phenolic OH excluding ortho intramolecular Hbond substituents is 1. The molecule has 2 aliphatic rings. The van der Waals surface area contributed by atoms with Gasteiger partial charge in [0.15, 0.2) is 11.5 Å². The first kappa shape index (κ1) is 18.8. The standard InChI is InChI=1S/C19H20N2O6/c1-3-27-19(24)16-10(2)20-12-5-4-6-15(23)18(12)17(16)11-7-8-14(22)13(9-11)21(25)26/h7-9,16-17,22H,3-6H2,1-2H3/t16?,17-/m1/s1. The second-order valence-corrected chi connectivity index (χ2v) is 6.60. The molecule has 0 radical (unpaired) electrons. The number of esters is 1. The van der Waals surface area contributed by atoms with Gasteiger partial charge in [-0.15, -0.1) is 0 Å². The maximum absolute atomic E-state index is 12.7. The van der Waals surface area contributed by atoms with Crippen LogP contribution < -0.4 is 0 Å². The number of phenols is 1. The minimum atomic E-state index is -0.838. The van der Waals surface area contributed by atoms with Crippen molar-refractivity contribution in [2.75, 3.05) is 6.61 Å². The normalized spacial score (nSPS) is 22.1. The molecule has 1 unspecified atom stereocenters. The predicted octanol–water partition coefficient (Wildman–Crippen LogP) is 3.04. The summed E-state index contributed by atoms with van der Waals surface area (Å²) in [6, 6.07) is 3.94. The first-order chi connectivity index (χ1) is 12.8. The van der Waals surface area contributed by atoms with Crippen molar-refractivity contribution in [3.05, 3.63) is 45.1 Å². The number of hydrogen-bond acceptors (Lipinski definition) is 7. The highest BCUT2D eigenvalue weighted by atomic mass is 16.6. The molecule has 3 rings (SSSR count). The minimum Gasteiger partial charge on any atom is -0.502 e. The molecule has 1 aliphatic heterocycles. The van der Waals surface area contributed by atoms with Gasteiger partial charge >= 0.3 is 11.7 Å². The summed E-state index contributed by atoms with van der Waals surface area (Å²) < 4.78 is 5.18. The number of aliphatic imine (C=N–C) groups is 1. The van der Waals surface area contributed by atoms with E-state index in [1.54, 1.807) is 13.8 Å². The Morgan fingerprint density at radius 2 is 2.15 bits per heavy atom. The largest absolute Gasteiger partial charge is 0.502 e. The Balaban J connectivity index is 2.20. The van der Waals surface area contributed by atoms with Gasteiger partial charge in [-0.1, -0.05) is 6.07 Å². The summed E-state index contributed by atoms with van der Waals surface area (Å²) in [5.74, 6) is -2.66. The van der Waals surface area contributed by atoms with E-state index in [0.717, 1.165) is 0 Å². The van der Waals surface area contributed by atoms with Crippen LogP contribution >= 0.6 is 0 Å². The quantitative estimate of drug-likeness (QED) is 0.493. The van der Waals surface area contributed by atoms with Gasteiger partial charge < -0.3 is 9.84 Å². The van der Waals surface area contributed by atoms with Gasteiger partial charge in [-0.3, -0.25) is 24.7 Å². The summed E-state index contributed by atoms with van der Waals surface area (Å²) in [5.41, 5.74) is 1.51. The van der Waals surface area contributed by atoms with E-state index in [4.69, 9.17) is 4.74 Å². The van der Waals surface area contributed by atoms with Crippen molar-refractivity contribution in [2.45, 2.75) is 39.0 Å². The van der Waals surface area contributed by atoms with Crippen LogP contribution in [0, 0.1) is 16.0 Å². The van der Waals surface area contributed by atoms with Crippen molar-refractivity contribution >= 4 is 23.2 Å². The van der Waals surface area contributed by atoms with E-state index < -0.39 is 34.2 Å². The maximum atomic E-state index is 12.7. The number of ether oxygens (including phenoxy) is 1. The van der Waals surface area contributed by atoms with Crippen LogP contribution in [0.15, 0.2) is 34.5 Å². The van der Waals surface area contributed by atoms with Crippen LogP contribution in [-0.2, 0) is 14.3 Å². The summed E-state index contributed by atoms with van der Waals surface area (Å²) >= 11 is 0. The molecule has 0 saturated carbocycles. The molecular weight excluding hydrogens is 352 g/mol. The van der Waals surface area contributed by atoms with Crippen molar-refractivity contribution in [1.82, 2.24) is 0 Å². The number of carbonyl (C=O) groups is 2. The molecule has 1 aromatic carbocycles. The highest BCUT2D eigenvalue weighted by Gasteiger charge is 2.43. The molecule has 2 atom stereocenters. The molecule has 1 aromatic rings. The lowest BCUT2D eigenvalue weighted by Gasteiger charge is -2.34. The molecule has 0 aromatic heterocycles. The number of rotatable bonds is 4. The predicted molar refractivity (Wildman–Crippen MR) is 96.6 cm³/mol. The Morgan fingerprint density at radius 1 is 1.41 bits per heavy atom. The number of hydrogen-bond donors (Lipinski definition) is 1. The number of allylic oxidation sites excluding steroid dienone is 2. The molecule has 0 saturated heterocycles. The lowest BCUT2D eigenvalue weighted by atomic mass is 9.71. The maximum Gasteiger partial charge on any atom is 0.315 e. The highest BCUT2D eigenvalue weighted by molar-refractivity contribution is 6.08. The molecule has 0 amide bonds.